The third-order valence-corrected chi connectivity index (χ3v) is 2.81. The number of nitrogens with two attached hydrogens (primary N) is 1. The van der Waals surface area contributed by atoms with E-state index in [1.165, 1.54) is 7.11 Å². The monoisotopic (exact) mass is 302 g/mol. The number of rotatable bonds is 5. The van der Waals surface area contributed by atoms with Crippen LogP contribution < -0.4 is 11.1 Å². The first-order chi connectivity index (χ1) is 8.04. The molecule has 6 heteroatoms. The fourth-order valence-corrected chi connectivity index (χ4v) is 1.61. The van der Waals surface area contributed by atoms with E-state index in [9.17, 15) is 9.90 Å². The van der Waals surface area contributed by atoms with Crippen molar-refractivity contribution in [2.24, 2.45) is 0 Å². The van der Waals surface area contributed by atoms with Crippen molar-refractivity contribution in [3.63, 3.8) is 0 Å². The Labute approximate surface area is 108 Å². The summed E-state index contributed by atoms with van der Waals surface area (Å²) in [6.45, 7) is 0.334. The molecule has 0 aliphatic heterocycles. The zero-order valence-corrected chi connectivity index (χ0v) is 11.0. The van der Waals surface area contributed by atoms with Gasteiger partial charge in [-0.15, -0.1) is 0 Å². The van der Waals surface area contributed by atoms with Gasteiger partial charge in [-0.3, -0.25) is 4.79 Å². The number of carbonyl (C=O) groups excluding carboxylic acids is 1. The Morgan fingerprint density at radius 3 is 2.94 bits per heavy atom. The lowest BCUT2D eigenvalue weighted by atomic mass is 10.2. The van der Waals surface area contributed by atoms with Crippen LogP contribution in [0.25, 0.3) is 0 Å². The molecule has 0 aromatic heterocycles. The molecule has 4 N–H and O–H groups in total. The number of halogens is 1. The maximum Gasteiger partial charge on any atom is 0.251 e. The number of nitrogens with one attached hydrogen (secondary N) is 1. The van der Waals surface area contributed by atoms with Crippen molar-refractivity contribution in [1.82, 2.24) is 5.32 Å². The Morgan fingerprint density at radius 1 is 1.65 bits per heavy atom. The minimum Gasteiger partial charge on any atom is -0.398 e. The Balaban J connectivity index is 2.55. The Bertz CT molecular complexity index is 398. The van der Waals surface area contributed by atoms with E-state index in [2.05, 4.69) is 21.2 Å². The third kappa shape index (κ3) is 4.33. The first-order valence-electron chi connectivity index (χ1n) is 5.04. The van der Waals surface area contributed by atoms with Gasteiger partial charge in [-0.2, -0.15) is 0 Å². The van der Waals surface area contributed by atoms with E-state index in [1.807, 2.05) is 0 Å². The van der Waals surface area contributed by atoms with Crippen LogP contribution in [0.5, 0.6) is 0 Å². The predicted octanol–water partition coefficient (Wildman–Crippen LogP) is 0.768. The Hall–Kier alpha value is -1.11. The largest absolute Gasteiger partial charge is 0.398 e. The Kier molecular flexibility index (Phi) is 5.40. The lowest BCUT2D eigenvalue weighted by Gasteiger charge is -2.11. The number of carbonyl (C=O) groups is 1. The zero-order valence-electron chi connectivity index (χ0n) is 9.44. The number of ether oxygens (including phenoxy) is 1. The summed E-state index contributed by atoms with van der Waals surface area (Å²) in [7, 11) is 1.49. The van der Waals surface area contributed by atoms with E-state index < -0.39 is 6.10 Å². The number of hydrogen-bond donors (Lipinski definition) is 3. The van der Waals surface area contributed by atoms with Crippen LogP contribution >= 0.6 is 15.9 Å². The number of benzene rings is 1. The molecule has 1 atom stereocenters. The van der Waals surface area contributed by atoms with Crippen LogP contribution in [-0.4, -0.2) is 37.4 Å². The van der Waals surface area contributed by atoms with Gasteiger partial charge in [-0.1, -0.05) is 0 Å². The SMILES string of the molecule is COCC(O)CNC(=O)c1ccc(N)c(Br)c1. The number of aliphatic hydroxyl groups excluding tert-OH is 1. The number of aliphatic hydroxyl groups is 1. The molecule has 94 valence electrons. The normalized spacial score (nSPS) is 12.2. The average Bonchev–Trinajstić information content (AvgIpc) is 2.30. The highest BCUT2D eigenvalue weighted by Crippen LogP contribution is 2.20. The lowest BCUT2D eigenvalue weighted by molar-refractivity contribution is 0.0610. The van der Waals surface area contributed by atoms with Crippen molar-refractivity contribution < 1.29 is 14.6 Å². The second-order valence-electron chi connectivity index (χ2n) is 3.56. The zero-order chi connectivity index (χ0) is 12.8. The number of methoxy groups -OCH3 is 1. The standard InChI is InChI=1S/C11H15BrN2O3/c1-17-6-8(15)5-14-11(16)7-2-3-10(13)9(12)4-7/h2-4,8,15H,5-6,13H2,1H3,(H,14,16). The minimum absolute atomic E-state index is 0.147. The summed E-state index contributed by atoms with van der Waals surface area (Å²) in [4.78, 5) is 11.7. The van der Waals surface area contributed by atoms with E-state index >= 15 is 0 Å². The Morgan fingerprint density at radius 2 is 2.35 bits per heavy atom. The molecule has 5 nitrogen and oxygen atoms in total. The van der Waals surface area contributed by atoms with E-state index in [0.29, 0.717) is 15.7 Å². The number of nitrogen functional groups attached to an aromatic ring is 1. The fraction of sp³-hybridized carbons (Fsp3) is 0.364. The summed E-state index contributed by atoms with van der Waals surface area (Å²) in [6.07, 6.45) is -0.707. The van der Waals surface area contributed by atoms with Crippen LogP contribution in [0.4, 0.5) is 5.69 Å². The van der Waals surface area contributed by atoms with Gasteiger partial charge in [0, 0.05) is 29.4 Å². The molecule has 1 unspecified atom stereocenters. The van der Waals surface area contributed by atoms with Gasteiger partial charge in [-0.25, -0.2) is 0 Å². The molecular weight excluding hydrogens is 288 g/mol. The van der Waals surface area contributed by atoms with Crippen molar-refractivity contribution in [2.75, 3.05) is 26.0 Å². The summed E-state index contributed by atoms with van der Waals surface area (Å²) in [5.74, 6) is -0.263. The second-order valence-corrected chi connectivity index (χ2v) is 4.41. The molecule has 0 saturated heterocycles. The molecule has 0 spiro atoms. The van der Waals surface area contributed by atoms with E-state index in [4.69, 9.17) is 10.5 Å². The van der Waals surface area contributed by atoms with Gasteiger partial charge in [0.1, 0.15) is 0 Å². The van der Waals surface area contributed by atoms with Gasteiger partial charge in [0.15, 0.2) is 0 Å². The first-order valence-corrected chi connectivity index (χ1v) is 5.84. The average molecular weight is 303 g/mol. The molecule has 17 heavy (non-hydrogen) atoms. The van der Waals surface area contributed by atoms with Crippen LogP contribution in [0.3, 0.4) is 0 Å². The highest BCUT2D eigenvalue weighted by molar-refractivity contribution is 9.10. The quantitative estimate of drug-likeness (QED) is 0.701. The number of amides is 1. The molecule has 1 aromatic rings. The molecule has 0 heterocycles. The molecule has 0 aliphatic rings. The molecule has 0 aliphatic carbocycles. The molecule has 0 fully saturated rings. The van der Waals surface area contributed by atoms with Gasteiger partial charge in [0.2, 0.25) is 0 Å². The van der Waals surface area contributed by atoms with Gasteiger partial charge in [-0.05, 0) is 34.1 Å². The van der Waals surface area contributed by atoms with E-state index in [1.54, 1.807) is 18.2 Å². The smallest absolute Gasteiger partial charge is 0.251 e. The van der Waals surface area contributed by atoms with Crippen molar-refractivity contribution >= 4 is 27.5 Å². The van der Waals surface area contributed by atoms with Gasteiger partial charge in [0.25, 0.3) is 5.91 Å². The molecule has 1 rings (SSSR count). The summed E-state index contributed by atoms with van der Waals surface area (Å²) >= 11 is 3.24. The van der Waals surface area contributed by atoms with Crippen molar-refractivity contribution in [3.05, 3.63) is 28.2 Å². The topological polar surface area (TPSA) is 84.6 Å². The predicted molar refractivity (Wildman–Crippen MR) is 68.8 cm³/mol. The summed E-state index contributed by atoms with van der Waals surface area (Å²) in [5, 5.41) is 12.0. The van der Waals surface area contributed by atoms with Crippen LogP contribution in [0.1, 0.15) is 10.4 Å². The summed E-state index contributed by atoms with van der Waals surface area (Å²) in [6, 6.07) is 4.90. The molecule has 0 saturated carbocycles. The fourth-order valence-electron chi connectivity index (χ4n) is 1.23. The van der Waals surface area contributed by atoms with Crippen LogP contribution in [-0.2, 0) is 4.74 Å². The van der Waals surface area contributed by atoms with Crippen molar-refractivity contribution in [2.45, 2.75) is 6.10 Å². The third-order valence-electron chi connectivity index (χ3n) is 2.12. The molecule has 1 aromatic carbocycles. The van der Waals surface area contributed by atoms with E-state index in [-0.39, 0.29) is 19.1 Å². The minimum atomic E-state index is -0.707. The first kappa shape index (κ1) is 14.0. The molecule has 0 bridgehead atoms. The molecule has 1 amide bonds. The van der Waals surface area contributed by atoms with Crippen LogP contribution in [0.2, 0.25) is 0 Å². The van der Waals surface area contributed by atoms with Gasteiger partial charge in [0.05, 0.1) is 12.7 Å². The second kappa shape index (κ2) is 6.58. The van der Waals surface area contributed by atoms with Crippen LogP contribution in [0, 0.1) is 0 Å². The lowest BCUT2D eigenvalue weighted by Crippen LogP contribution is -2.34. The number of hydrogen-bond acceptors (Lipinski definition) is 4. The number of anilines is 1. The van der Waals surface area contributed by atoms with Crippen molar-refractivity contribution in [3.8, 4) is 0 Å². The molecular formula is C11H15BrN2O3. The molecule has 0 radical (unpaired) electrons. The summed E-state index contributed by atoms with van der Waals surface area (Å²) in [5.41, 5.74) is 6.67. The van der Waals surface area contributed by atoms with Crippen molar-refractivity contribution in [1.29, 1.82) is 0 Å². The van der Waals surface area contributed by atoms with Gasteiger partial charge < -0.3 is 20.9 Å². The highest BCUT2D eigenvalue weighted by atomic mass is 79.9. The maximum absolute atomic E-state index is 11.7. The van der Waals surface area contributed by atoms with Crippen LogP contribution in [0.15, 0.2) is 22.7 Å². The maximum atomic E-state index is 11.7. The highest BCUT2D eigenvalue weighted by Gasteiger charge is 2.09. The van der Waals surface area contributed by atoms with Gasteiger partial charge >= 0.3 is 0 Å². The summed E-state index contributed by atoms with van der Waals surface area (Å²) < 4.78 is 5.42. The van der Waals surface area contributed by atoms with E-state index in [0.717, 1.165) is 0 Å².